The molecule has 14 rings (SSSR count). The van der Waals surface area contributed by atoms with Gasteiger partial charge in [0.2, 0.25) is 11.9 Å². The number of alkyl halides is 6. The zero-order chi connectivity index (χ0) is 50.9. The summed E-state index contributed by atoms with van der Waals surface area (Å²) >= 11 is 0. The van der Waals surface area contributed by atoms with Crippen LogP contribution >= 0.6 is 7.14 Å². The highest BCUT2D eigenvalue weighted by Gasteiger charge is 2.42. The number of H-pyrrole nitrogens is 3. The fourth-order valence-corrected chi connectivity index (χ4v) is 14.7. The van der Waals surface area contributed by atoms with Crippen LogP contribution in [0.1, 0.15) is 62.5 Å². The van der Waals surface area contributed by atoms with Crippen LogP contribution in [0.25, 0.3) is 67.0 Å². The molecule has 23 heteroatoms. The minimum atomic E-state index is -4.78. The van der Waals surface area contributed by atoms with E-state index in [1.807, 2.05) is 29.0 Å². The highest BCUT2D eigenvalue weighted by Crippen LogP contribution is 2.51. The number of aryl methyl sites for hydroxylation is 1. The minimum Gasteiger partial charge on any atom is -0.382 e. The Bertz CT molecular complexity index is 3430. The van der Waals surface area contributed by atoms with Gasteiger partial charge < -0.3 is 45.7 Å². The van der Waals surface area contributed by atoms with Crippen LogP contribution < -0.4 is 31.9 Å². The van der Waals surface area contributed by atoms with Crippen LogP contribution in [-0.4, -0.2) is 106 Å². The Morgan fingerprint density at radius 2 is 1.43 bits per heavy atom. The summed E-state index contributed by atoms with van der Waals surface area (Å²) in [4.78, 5) is 28.7. The number of benzene rings is 2. The molecule has 8 aromatic rings. The van der Waals surface area contributed by atoms with Gasteiger partial charge in [-0.2, -0.15) is 31.4 Å². The fourth-order valence-electron chi connectivity index (χ4n) is 11.8. The van der Waals surface area contributed by atoms with Crippen LogP contribution in [0.3, 0.4) is 0 Å². The Morgan fingerprint density at radius 1 is 0.716 bits per heavy atom. The number of halogens is 6. The lowest BCUT2D eigenvalue weighted by molar-refractivity contribution is -0.138. The predicted molar refractivity (Wildman–Crippen MR) is 273 cm³/mol. The zero-order valence-corrected chi connectivity index (χ0v) is 41.2. The van der Waals surface area contributed by atoms with Gasteiger partial charge in [0.25, 0.3) is 0 Å². The van der Waals surface area contributed by atoms with E-state index in [9.17, 15) is 26.3 Å². The first-order valence-electron chi connectivity index (χ1n) is 25.2. The van der Waals surface area contributed by atoms with E-state index in [4.69, 9.17) is 4.98 Å². The number of fused-ring (bicyclic) bond motifs is 10. The van der Waals surface area contributed by atoms with Gasteiger partial charge in [0, 0.05) is 131 Å². The Kier molecular flexibility index (Phi) is 12.3. The van der Waals surface area contributed by atoms with Crippen LogP contribution in [0.2, 0.25) is 0 Å². The number of aromatic nitrogens is 10. The molecule has 0 radical (unpaired) electrons. The fraction of sp³-hybridized carbons (Fsp3) is 0.412. The highest BCUT2D eigenvalue weighted by atomic mass is 31.2. The largest absolute Gasteiger partial charge is 0.419 e. The summed E-state index contributed by atoms with van der Waals surface area (Å²) in [5.74, 6) is 0.466. The van der Waals surface area contributed by atoms with Crippen molar-refractivity contribution in [3.8, 4) is 45.2 Å². The van der Waals surface area contributed by atoms with Gasteiger partial charge in [-0.05, 0) is 89.2 Å². The number of imidazole rings is 1. The summed E-state index contributed by atoms with van der Waals surface area (Å²) in [6.45, 7) is 4.32. The van der Waals surface area contributed by atoms with Gasteiger partial charge in [0.1, 0.15) is 29.8 Å². The number of hydrogen-bond donors (Lipinski definition) is 8. The van der Waals surface area contributed by atoms with E-state index >= 15 is 4.57 Å². The monoisotopic (exact) mass is 1040 g/mol. The number of hydrogen-bond acceptors (Lipinski definition) is 12. The molecule has 8 N–H and O–H groups in total. The first-order chi connectivity index (χ1) is 35.6. The molecule has 386 valence electrons. The average molecular weight is 1040 g/mol. The lowest BCUT2D eigenvalue weighted by Crippen LogP contribution is -2.36. The van der Waals surface area contributed by atoms with Crippen LogP contribution in [-0.2, 0) is 23.5 Å². The third-order valence-corrected chi connectivity index (χ3v) is 17.8. The maximum atomic E-state index is 16.2. The predicted octanol–water partition coefficient (Wildman–Crippen LogP) is 9.85. The second-order valence-corrected chi connectivity index (χ2v) is 23.3. The molecule has 0 amide bonds. The van der Waals surface area contributed by atoms with Crippen molar-refractivity contribution in [2.24, 2.45) is 5.92 Å². The summed E-state index contributed by atoms with van der Waals surface area (Å²) in [6, 6.07) is 8.67. The van der Waals surface area contributed by atoms with Crippen LogP contribution in [0, 0.1) is 5.92 Å². The Morgan fingerprint density at radius 3 is 2.22 bits per heavy atom. The molecule has 10 heterocycles. The smallest absolute Gasteiger partial charge is 0.382 e. The molecule has 2 unspecified atom stereocenters. The van der Waals surface area contributed by atoms with E-state index in [2.05, 4.69) is 66.7 Å². The Labute approximate surface area is 420 Å². The van der Waals surface area contributed by atoms with Gasteiger partial charge in [-0.15, -0.1) is 0 Å². The molecular formula is C51H54F6N15OP. The Hall–Kier alpha value is -6.77. The SMILES string of the molecule is CP(=O)(CC1C[C@H]2C[C@H]1NCCCNc1c[nH]nc1-c1ccc3c(c[nH]c3c1)-c1nc(ncc1C(F)(F)F)N2)c1c2ccc3c(c[nH]c13)-c1nc(ncc1C(F)(F)F)N[C@H]1CC[C@@H](C1)NCCCCn1ccnc1-2. The van der Waals surface area contributed by atoms with Crippen LogP contribution in [0.4, 0.5) is 43.9 Å². The first kappa shape index (κ1) is 48.2. The number of nitrogens with one attached hydrogen (secondary N) is 8. The summed E-state index contributed by atoms with van der Waals surface area (Å²) in [5.41, 5.74) is 1.71. The molecule has 0 spiro atoms. The molecule has 2 aliphatic carbocycles. The molecule has 2 aromatic carbocycles. The third-order valence-electron chi connectivity index (χ3n) is 15.3. The quantitative estimate of drug-likeness (QED) is 0.0615. The van der Waals surface area contributed by atoms with Gasteiger partial charge in [0.05, 0.1) is 22.6 Å². The molecule has 16 bridgehead atoms. The van der Waals surface area contributed by atoms with Crippen molar-refractivity contribution in [1.29, 1.82) is 0 Å². The molecule has 2 fully saturated rings. The first-order valence-corrected chi connectivity index (χ1v) is 27.5. The number of anilines is 3. The summed E-state index contributed by atoms with van der Waals surface area (Å²) in [5, 5.41) is 26.4. The molecule has 4 aliphatic heterocycles. The third kappa shape index (κ3) is 9.18. The van der Waals surface area contributed by atoms with E-state index in [-0.39, 0.29) is 70.7 Å². The second kappa shape index (κ2) is 18.9. The normalized spacial score (nSPS) is 22.4. The van der Waals surface area contributed by atoms with Gasteiger partial charge in [-0.3, -0.25) is 5.10 Å². The molecule has 6 aliphatic rings. The molecule has 6 atom stereocenters. The van der Waals surface area contributed by atoms with Gasteiger partial charge >= 0.3 is 12.4 Å². The Balaban J connectivity index is 0.932. The van der Waals surface area contributed by atoms with Crippen molar-refractivity contribution in [2.45, 2.75) is 94.4 Å². The van der Waals surface area contributed by atoms with Crippen LogP contribution in [0.5, 0.6) is 0 Å². The lowest BCUT2D eigenvalue weighted by atomic mass is 10.0. The summed E-state index contributed by atoms with van der Waals surface area (Å²) in [7, 11) is -3.54. The van der Waals surface area contributed by atoms with E-state index < -0.39 is 30.6 Å². The summed E-state index contributed by atoms with van der Waals surface area (Å²) < 4.78 is 107. The van der Waals surface area contributed by atoms with Gasteiger partial charge in [0.15, 0.2) is 0 Å². The molecule has 6 aromatic heterocycles. The number of nitrogens with zero attached hydrogens (tertiary/aromatic N) is 7. The number of rotatable bonds is 3. The average Bonchev–Trinajstić information content (AvgIpc) is 4.24. The van der Waals surface area contributed by atoms with Crippen molar-refractivity contribution in [3.05, 3.63) is 84.8 Å². The van der Waals surface area contributed by atoms with Gasteiger partial charge in [-0.1, -0.05) is 18.2 Å². The van der Waals surface area contributed by atoms with Crippen molar-refractivity contribution in [3.63, 3.8) is 0 Å². The highest BCUT2D eigenvalue weighted by molar-refractivity contribution is 7.71. The van der Waals surface area contributed by atoms with Crippen molar-refractivity contribution < 1.29 is 30.9 Å². The maximum Gasteiger partial charge on any atom is 0.419 e. The van der Waals surface area contributed by atoms with E-state index in [0.29, 0.717) is 83.1 Å². The summed E-state index contributed by atoms with van der Waals surface area (Å²) in [6.07, 6.45) is 6.62. The van der Waals surface area contributed by atoms with Crippen LogP contribution in [0.15, 0.2) is 73.7 Å². The van der Waals surface area contributed by atoms with E-state index in [1.165, 1.54) is 12.4 Å². The van der Waals surface area contributed by atoms with Crippen molar-refractivity contribution in [2.75, 3.05) is 48.4 Å². The topological polar surface area (TPSA) is 207 Å². The molecule has 74 heavy (non-hydrogen) atoms. The molecule has 2 saturated carbocycles. The van der Waals surface area contributed by atoms with E-state index in [1.54, 1.807) is 31.2 Å². The molecule has 0 saturated heterocycles. The van der Waals surface area contributed by atoms with Crippen molar-refractivity contribution >= 4 is 51.8 Å². The lowest BCUT2D eigenvalue weighted by Gasteiger charge is -2.26. The second-order valence-electron chi connectivity index (χ2n) is 20.3. The molecule has 16 nitrogen and oxygen atoms in total. The van der Waals surface area contributed by atoms with Gasteiger partial charge in [-0.25, -0.2) is 24.9 Å². The standard InChI is InChI=1S/C51H54F6N15OP/c1-74(73,46-34-10-9-33-36(22-63-45(33)46)44-38(51(55,56)57)24-64-48(70-44)67-30-7-6-29(19-30)58-11-2-3-15-72-16-14-61-47(34)72)26-28-17-31-20-39(28)59-12-4-13-60-41-25-66-71-42(41)27-5-8-32-35(21-62-40(32)18-27)43-37(50(52,53)54)23-65-49(68-31)69-43/h5,8-10,14,16,18,21-25,28-31,39,58-60,62-63H,2-4,6-7,11-13,15,17,19-20,26H2,1H3,(H,66,71)(H,64,67,70)(H,65,68,69)/t28?,29-,30-,31-,39+,74?/m0/s1. The zero-order valence-electron chi connectivity index (χ0n) is 40.3. The number of aromatic amines is 3. The molecular weight excluding hydrogens is 984 g/mol. The van der Waals surface area contributed by atoms with E-state index in [0.717, 1.165) is 62.3 Å². The maximum absolute atomic E-state index is 16.2. The minimum absolute atomic E-state index is 0.0232. The van der Waals surface area contributed by atoms with Crippen molar-refractivity contribution in [1.82, 2.24) is 60.3 Å².